The Morgan fingerprint density at radius 2 is 1.91 bits per heavy atom. The van der Waals surface area contributed by atoms with E-state index in [0.717, 1.165) is 6.07 Å². The van der Waals surface area contributed by atoms with Crippen LogP contribution < -0.4 is 19.8 Å². The molecule has 1 unspecified atom stereocenters. The molecule has 0 radical (unpaired) electrons. The van der Waals surface area contributed by atoms with Crippen molar-refractivity contribution in [3.63, 3.8) is 0 Å². The normalized spacial score (nSPS) is 15.0. The molecule has 34 heavy (non-hydrogen) atoms. The summed E-state index contributed by atoms with van der Waals surface area (Å²) < 4.78 is 30.9. The third-order valence-electron chi connectivity index (χ3n) is 5.76. The van der Waals surface area contributed by atoms with Gasteiger partial charge in [0.25, 0.3) is 5.91 Å². The minimum Gasteiger partial charge on any atom is -0.493 e. The van der Waals surface area contributed by atoms with E-state index in [9.17, 15) is 14.0 Å². The summed E-state index contributed by atoms with van der Waals surface area (Å²) in [4.78, 5) is 33.1. The fraction of sp³-hybridized carbons (Fsp3) is 0.192. The molecule has 8 heteroatoms. The van der Waals surface area contributed by atoms with Crippen molar-refractivity contribution in [2.45, 2.75) is 19.9 Å². The molecule has 0 saturated carbocycles. The van der Waals surface area contributed by atoms with E-state index < -0.39 is 23.2 Å². The molecule has 2 aromatic carbocycles. The molecule has 0 aliphatic carbocycles. The fourth-order valence-electron chi connectivity index (χ4n) is 4.29. The van der Waals surface area contributed by atoms with E-state index in [0.29, 0.717) is 35.2 Å². The summed E-state index contributed by atoms with van der Waals surface area (Å²) in [6, 6.07) is 13.3. The highest BCUT2D eigenvalue weighted by Crippen LogP contribution is 2.42. The van der Waals surface area contributed by atoms with Crippen molar-refractivity contribution in [1.29, 1.82) is 0 Å². The minimum absolute atomic E-state index is 0.0634. The average molecular weight is 460 g/mol. The molecule has 3 heterocycles. The van der Waals surface area contributed by atoms with Crippen LogP contribution in [0.3, 0.4) is 0 Å². The van der Waals surface area contributed by atoms with E-state index in [2.05, 4.69) is 4.98 Å². The van der Waals surface area contributed by atoms with E-state index >= 15 is 0 Å². The number of anilines is 1. The SMILES string of the molecule is CCOc1ccc(C2c3c(oc4ccc(F)cc4c3=O)C(=O)N2c2cccc(C)n2)cc1OC. The second kappa shape index (κ2) is 8.30. The number of fused-ring (bicyclic) bond motifs is 2. The van der Waals surface area contributed by atoms with Crippen LogP contribution in [-0.4, -0.2) is 24.6 Å². The van der Waals surface area contributed by atoms with Gasteiger partial charge in [-0.1, -0.05) is 12.1 Å². The quantitative estimate of drug-likeness (QED) is 0.426. The Hall–Kier alpha value is -4.20. The number of amides is 1. The first-order valence-corrected chi connectivity index (χ1v) is 10.8. The third-order valence-corrected chi connectivity index (χ3v) is 5.76. The van der Waals surface area contributed by atoms with Gasteiger partial charge in [0.2, 0.25) is 5.76 Å². The van der Waals surface area contributed by atoms with Crippen molar-refractivity contribution in [2.75, 3.05) is 18.6 Å². The lowest BCUT2D eigenvalue weighted by Crippen LogP contribution is -2.30. The van der Waals surface area contributed by atoms with E-state index in [4.69, 9.17) is 13.9 Å². The predicted molar refractivity (Wildman–Crippen MR) is 124 cm³/mol. The van der Waals surface area contributed by atoms with Gasteiger partial charge in [0.15, 0.2) is 16.9 Å². The van der Waals surface area contributed by atoms with Crippen LogP contribution in [0.5, 0.6) is 11.5 Å². The average Bonchev–Trinajstić information content (AvgIpc) is 3.12. The molecule has 1 amide bonds. The standard InChI is InChI=1S/C26H21FN2O5/c1-4-33-19-10-8-15(12-20(19)32-3)23-22-24(30)17-13-16(27)9-11-18(17)34-25(22)26(31)29(23)21-7-5-6-14(2)28-21/h5-13,23H,4H2,1-3H3. The van der Waals surface area contributed by atoms with Gasteiger partial charge in [0.05, 0.1) is 30.7 Å². The van der Waals surface area contributed by atoms with Gasteiger partial charge >= 0.3 is 0 Å². The maximum atomic E-state index is 14.0. The lowest BCUT2D eigenvalue weighted by molar-refractivity contribution is 0.0970. The molecule has 7 nitrogen and oxygen atoms in total. The summed E-state index contributed by atoms with van der Waals surface area (Å²) in [7, 11) is 1.51. The molecule has 0 spiro atoms. The highest BCUT2D eigenvalue weighted by molar-refractivity contribution is 6.10. The fourth-order valence-corrected chi connectivity index (χ4v) is 4.29. The Morgan fingerprint density at radius 1 is 1.09 bits per heavy atom. The molecule has 0 bridgehead atoms. The summed E-state index contributed by atoms with van der Waals surface area (Å²) in [5, 5.41) is 0.0634. The van der Waals surface area contributed by atoms with Gasteiger partial charge < -0.3 is 13.9 Å². The van der Waals surface area contributed by atoms with Crippen LogP contribution in [0.15, 0.2) is 63.8 Å². The number of hydrogen-bond acceptors (Lipinski definition) is 6. The second-order valence-electron chi connectivity index (χ2n) is 7.87. The lowest BCUT2D eigenvalue weighted by Gasteiger charge is -2.25. The van der Waals surface area contributed by atoms with Crippen molar-refractivity contribution in [3.8, 4) is 11.5 Å². The number of benzene rings is 2. The Kier molecular flexibility index (Phi) is 5.28. The zero-order chi connectivity index (χ0) is 24.0. The van der Waals surface area contributed by atoms with E-state index in [1.54, 1.807) is 30.3 Å². The van der Waals surface area contributed by atoms with E-state index in [-0.39, 0.29) is 22.3 Å². The van der Waals surface area contributed by atoms with E-state index in [1.165, 1.54) is 24.1 Å². The number of aryl methyl sites for hydroxylation is 1. The van der Waals surface area contributed by atoms with Gasteiger partial charge in [-0.15, -0.1) is 0 Å². The number of carbonyl (C=O) groups excluding carboxylic acids is 1. The number of methoxy groups -OCH3 is 1. The zero-order valence-electron chi connectivity index (χ0n) is 18.8. The molecule has 1 atom stereocenters. The van der Waals surface area contributed by atoms with E-state index in [1.807, 2.05) is 19.9 Å². The van der Waals surface area contributed by atoms with Crippen LogP contribution in [0.25, 0.3) is 11.0 Å². The van der Waals surface area contributed by atoms with Crippen molar-refractivity contribution >= 4 is 22.7 Å². The van der Waals surface area contributed by atoms with Gasteiger partial charge in [-0.25, -0.2) is 9.37 Å². The molecule has 0 fully saturated rings. The molecule has 0 N–H and O–H groups in total. The molecule has 2 aromatic heterocycles. The molecule has 5 rings (SSSR count). The van der Waals surface area contributed by atoms with Gasteiger partial charge in [0, 0.05) is 5.69 Å². The number of halogens is 1. The first-order chi connectivity index (χ1) is 16.4. The van der Waals surface area contributed by atoms with Crippen LogP contribution in [-0.2, 0) is 0 Å². The molecule has 1 aliphatic heterocycles. The molecule has 4 aromatic rings. The summed E-state index contributed by atoms with van der Waals surface area (Å²) in [6.45, 7) is 4.12. The third kappa shape index (κ3) is 3.39. The highest BCUT2D eigenvalue weighted by atomic mass is 19.1. The Bertz CT molecular complexity index is 1500. The van der Waals surface area contributed by atoms with Crippen LogP contribution in [0, 0.1) is 12.7 Å². The second-order valence-corrected chi connectivity index (χ2v) is 7.87. The maximum absolute atomic E-state index is 14.0. The van der Waals surface area contributed by atoms with Gasteiger partial charge in [0.1, 0.15) is 17.2 Å². The number of carbonyl (C=O) groups is 1. The van der Waals surface area contributed by atoms with Crippen molar-refractivity contribution < 1.29 is 23.1 Å². The number of rotatable bonds is 5. The van der Waals surface area contributed by atoms with Crippen LogP contribution >= 0.6 is 0 Å². The molecule has 0 saturated heterocycles. The van der Waals surface area contributed by atoms with Crippen molar-refractivity contribution in [3.05, 3.63) is 93.2 Å². The Morgan fingerprint density at radius 3 is 2.65 bits per heavy atom. The number of aromatic nitrogens is 1. The highest BCUT2D eigenvalue weighted by Gasteiger charge is 2.44. The van der Waals surface area contributed by atoms with Crippen molar-refractivity contribution in [2.24, 2.45) is 0 Å². The Labute approximate surface area is 194 Å². The monoisotopic (exact) mass is 460 g/mol. The van der Waals surface area contributed by atoms with Crippen LogP contribution in [0.1, 0.15) is 40.3 Å². The number of ether oxygens (including phenoxy) is 2. The maximum Gasteiger partial charge on any atom is 0.296 e. The largest absolute Gasteiger partial charge is 0.493 e. The van der Waals surface area contributed by atoms with Gasteiger partial charge in [-0.05, 0) is 61.9 Å². The number of pyridine rings is 1. The van der Waals surface area contributed by atoms with Crippen LogP contribution in [0.4, 0.5) is 10.2 Å². The van der Waals surface area contributed by atoms with Gasteiger partial charge in [-0.3, -0.25) is 14.5 Å². The Balaban J connectivity index is 1.80. The molecule has 172 valence electrons. The smallest absolute Gasteiger partial charge is 0.296 e. The number of nitrogens with zero attached hydrogens (tertiary/aromatic N) is 2. The first kappa shape index (κ1) is 21.6. The van der Waals surface area contributed by atoms with Gasteiger partial charge in [-0.2, -0.15) is 0 Å². The summed E-state index contributed by atoms with van der Waals surface area (Å²) in [5.74, 6) is 0.184. The van der Waals surface area contributed by atoms with Crippen LogP contribution in [0.2, 0.25) is 0 Å². The summed E-state index contributed by atoms with van der Waals surface area (Å²) in [6.07, 6.45) is 0. The first-order valence-electron chi connectivity index (χ1n) is 10.8. The lowest BCUT2D eigenvalue weighted by atomic mass is 9.98. The summed E-state index contributed by atoms with van der Waals surface area (Å²) in [5.41, 5.74) is 1.09. The molecule has 1 aliphatic rings. The minimum atomic E-state index is -0.856. The topological polar surface area (TPSA) is 81.9 Å². The van der Waals surface area contributed by atoms with Crippen molar-refractivity contribution in [1.82, 2.24) is 4.98 Å². The zero-order valence-corrected chi connectivity index (χ0v) is 18.8. The summed E-state index contributed by atoms with van der Waals surface area (Å²) >= 11 is 0. The number of hydrogen-bond donors (Lipinski definition) is 0. The predicted octanol–water partition coefficient (Wildman–Crippen LogP) is 4.79. The molecular formula is C26H21FN2O5. The molecular weight excluding hydrogens is 439 g/mol.